The van der Waals surface area contributed by atoms with E-state index >= 15 is 0 Å². The Balaban J connectivity index is 2.75. The van der Waals surface area contributed by atoms with Crippen LogP contribution in [0.25, 0.3) is 0 Å². The topological polar surface area (TPSA) is 26.0 Å². The average molecular weight is 165 g/mol. The van der Waals surface area contributed by atoms with Crippen molar-refractivity contribution in [3.63, 3.8) is 0 Å². The van der Waals surface area contributed by atoms with Gasteiger partial charge in [-0.1, -0.05) is 0 Å². The Labute approximate surface area is 48.0 Å². The van der Waals surface area contributed by atoms with E-state index in [1.54, 1.807) is 0 Å². The van der Waals surface area contributed by atoms with E-state index in [1.807, 2.05) is 0 Å². The average Bonchev–Trinajstić information content (AvgIpc) is 1.65. The summed E-state index contributed by atoms with van der Waals surface area (Å²) in [6.45, 7) is 4.39. The van der Waals surface area contributed by atoms with E-state index in [2.05, 4.69) is 13.8 Å². The van der Waals surface area contributed by atoms with Gasteiger partial charge in [0.15, 0.2) is 0 Å². The Hall–Kier alpha value is 0.843. The van der Waals surface area contributed by atoms with Crippen molar-refractivity contribution in [2.45, 2.75) is 22.1 Å². The molecule has 0 heterocycles. The van der Waals surface area contributed by atoms with Crippen molar-refractivity contribution in [3.8, 4) is 0 Å². The van der Waals surface area contributed by atoms with Crippen LogP contribution in [0.4, 0.5) is 0 Å². The molecule has 1 nitrogen and oxygen atoms in total. The van der Waals surface area contributed by atoms with E-state index in [0.717, 1.165) is 0 Å². The first-order chi connectivity index (χ1) is 2.81. The van der Waals surface area contributed by atoms with Crippen molar-refractivity contribution in [1.82, 2.24) is 0 Å². The molecule has 0 saturated carbocycles. The Kier molecular flexibility index (Phi) is 4.58. The summed E-state index contributed by atoms with van der Waals surface area (Å²) in [7, 11) is 0. The van der Waals surface area contributed by atoms with Gasteiger partial charge < -0.3 is 0 Å². The molecule has 0 fully saturated rings. The van der Waals surface area contributed by atoms with Crippen molar-refractivity contribution in [2.75, 3.05) is 0 Å². The minimum atomic E-state index is -1.12. The molecule has 0 atom stereocenters. The Morgan fingerprint density at radius 3 is 1.67 bits per heavy atom. The van der Waals surface area contributed by atoms with Crippen LogP contribution in [0.2, 0.25) is 8.26 Å². The third kappa shape index (κ3) is 3.05. The molecule has 0 radical (unpaired) electrons. The Morgan fingerprint density at radius 2 is 1.67 bits per heavy atom. The molecule has 0 aromatic carbocycles. The van der Waals surface area contributed by atoms with Gasteiger partial charge in [0.1, 0.15) is 0 Å². The zero-order valence-corrected chi connectivity index (χ0v) is 6.95. The van der Waals surface area contributed by atoms with Gasteiger partial charge in [0.25, 0.3) is 0 Å². The van der Waals surface area contributed by atoms with Crippen LogP contribution in [0.3, 0.4) is 0 Å². The van der Waals surface area contributed by atoms with Gasteiger partial charge in [-0.3, -0.25) is 0 Å². The second kappa shape index (κ2) is 4.01. The zero-order valence-electron chi connectivity index (χ0n) is 4.49. The van der Waals surface area contributed by atoms with Crippen LogP contribution in [0.5, 0.6) is 0 Å². The summed E-state index contributed by atoms with van der Waals surface area (Å²) in [6, 6.07) is 0. The molecule has 37 valence electrons. The molecule has 6 heavy (non-hydrogen) atoms. The van der Waals surface area contributed by atoms with Crippen LogP contribution in [-0.4, -0.2) is 0 Å². The molecule has 0 amide bonds. The normalized spacial score (nSPS) is 8.50. The first-order valence-electron chi connectivity index (χ1n) is 2.41. The summed E-state index contributed by atoms with van der Waals surface area (Å²) < 4.78 is 8.28. The molecule has 0 spiro atoms. The molecule has 0 aliphatic rings. The van der Waals surface area contributed by atoms with Crippen LogP contribution < -0.4 is 3.68 Å². The van der Waals surface area contributed by atoms with E-state index in [1.165, 1.54) is 8.26 Å². The Bertz CT molecular complexity index is 26.7. The summed E-state index contributed by atoms with van der Waals surface area (Å²) >= 11 is -1.12. The maximum atomic E-state index is 5.67. The van der Waals surface area contributed by atoms with Gasteiger partial charge in [0.2, 0.25) is 0 Å². The molecule has 0 aliphatic carbocycles. The molecule has 2 N–H and O–H groups in total. The second-order valence-corrected chi connectivity index (χ2v) is 8.08. The predicted molar refractivity (Wildman–Crippen MR) is 25.1 cm³/mol. The first kappa shape index (κ1) is 6.84. The summed E-state index contributed by atoms with van der Waals surface area (Å²) in [5.74, 6) is 0. The molecule has 2 heteroatoms. The fraction of sp³-hybridized carbons (Fsp3) is 1.00. The summed E-state index contributed by atoms with van der Waals surface area (Å²) in [5, 5.41) is 0. The van der Waals surface area contributed by atoms with Crippen molar-refractivity contribution in [2.24, 2.45) is 3.68 Å². The van der Waals surface area contributed by atoms with Crippen molar-refractivity contribution in [3.05, 3.63) is 0 Å². The zero-order chi connectivity index (χ0) is 4.99. The maximum absolute atomic E-state index is 5.67. The fourth-order valence-electron chi connectivity index (χ4n) is 0.250. The van der Waals surface area contributed by atoms with Crippen molar-refractivity contribution < 1.29 is 22.0 Å². The quantitative estimate of drug-likeness (QED) is 0.657. The standard InChI is InChI=1S/2C2H5.H2N.Zr/c2*1-2;;/h2*1H2,2H3;1H2;/q;;-1;+1. The fourth-order valence-corrected chi connectivity index (χ4v) is 1.48. The monoisotopic (exact) mass is 164 g/mol. The van der Waals surface area contributed by atoms with Crippen molar-refractivity contribution in [1.29, 1.82) is 0 Å². The molecule has 0 aliphatic heterocycles. The molecule has 0 aromatic rings. The van der Waals surface area contributed by atoms with E-state index in [9.17, 15) is 0 Å². The van der Waals surface area contributed by atoms with Gasteiger partial charge >= 0.3 is 47.8 Å². The molecule has 0 rings (SSSR count). The van der Waals surface area contributed by atoms with Crippen LogP contribution in [0.1, 0.15) is 13.8 Å². The second-order valence-electron chi connectivity index (χ2n) is 1.37. The van der Waals surface area contributed by atoms with Crippen LogP contribution in [0, 0.1) is 0 Å². The van der Waals surface area contributed by atoms with Gasteiger partial charge in [-0.15, -0.1) is 0 Å². The third-order valence-electron chi connectivity index (χ3n) is 0.908. The predicted octanol–water partition coefficient (Wildman–Crippen LogP) is 1.35. The molecule has 0 saturated heterocycles. The van der Waals surface area contributed by atoms with Crippen LogP contribution >= 0.6 is 0 Å². The first-order valence-corrected chi connectivity index (χ1v) is 7.31. The van der Waals surface area contributed by atoms with Gasteiger partial charge in [-0.2, -0.15) is 0 Å². The van der Waals surface area contributed by atoms with Gasteiger partial charge in [-0.05, 0) is 0 Å². The van der Waals surface area contributed by atoms with Gasteiger partial charge in [0.05, 0.1) is 0 Å². The van der Waals surface area contributed by atoms with Gasteiger partial charge in [0, 0.05) is 0 Å². The van der Waals surface area contributed by atoms with Crippen LogP contribution in [-0.2, 0) is 22.0 Å². The number of nitrogens with two attached hydrogens (primary N) is 1. The molecular weight excluding hydrogens is 153 g/mol. The SMILES string of the molecule is C[CH2][Zr]([NH2])[CH2]C. The Morgan fingerprint density at radius 1 is 1.33 bits per heavy atom. The number of hydrogen-bond acceptors (Lipinski definition) is 1. The van der Waals surface area contributed by atoms with E-state index in [-0.39, 0.29) is 0 Å². The molecule has 0 bridgehead atoms. The van der Waals surface area contributed by atoms with E-state index in [4.69, 9.17) is 3.68 Å². The van der Waals surface area contributed by atoms with E-state index < -0.39 is 22.0 Å². The van der Waals surface area contributed by atoms with Gasteiger partial charge in [-0.25, -0.2) is 0 Å². The van der Waals surface area contributed by atoms with Crippen LogP contribution in [0.15, 0.2) is 0 Å². The molecular formula is C4H12NZr. The summed E-state index contributed by atoms with van der Waals surface area (Å²) in [4.78, 5) is 0. The van der Waals surface area contributed by atoms with Crippen molar-refractivity contribution >= 4 is 0 Å². The molecule has 0 unspecified atom stereocenters. The summed E-state index contributed by atoms with van der Waals surface area (Å²) in [6.07, 6.45) is 0. The van der Waals surface area contributed by atoms with E-state index in [0.29, 0.717) is 0 Å². The third-order valence-corrected chi connectivity index (χ3v) is 5.37. The minimum absolute atomic E-state index is 1.12. The number of rotatable bonds is 2. The summed E-state index contributed by atoms with van der Waals surface area (Å²) in [5.41, 5.74) is 0. The molecule has 0 aromatic heterocycles. The number of hydrogen-bond donors (Lipinski definition) is 1.